The first-order valence-corrected chi connectivity index (χ1v) is 4.10. The average molecular weight is 150 g/mol. The molecule has 0 nitrogen and oxygen atoms in total. The van der Waals surface area contributed by atoms with Gasteiger partial charge in [0.1, 0.15) is 0 Å². The van der Waals surface area contributed by atoms with E-state index in [-0.39, 0.29) is 0 Å². The third-order valence-corrected chi connectivity index (χ3v) is 1.47. The summed E-state index contributed by atoms with van der Waals surface area (Å²) in [7, 11) is 0. The van der Waals surface area contributed by atoms with Gasteiger partial charge in [0.2, 0.25) is 0 Å². The number of hydrogen-bond donors (Lipinski definition) is 0. The van der Waals surface area contributed by atoms with Gasteiger partial charge in [-0.05, 0) is 33.6 Å². The van der Waals surface area contributed by atoms with Crippen LogP contribution >= 0.6 is 0 Å². The van der Waals surface area contributed by atoms with Gasteiger partial charge in [-0.2, -0.15) is 0 Å². The third-order valence-electron chi connectivity index (χ3n) is 1.47. The molecular weight excluding hydrogens is 132 g/mol. The molecule has 0 aliphatic rings. The molecule has 0 saturated carbocycles. The van der Waals surface area contributed by atoms with Crippen LogP contribution in [0.2, 0.25) is 0 Å². The summed E-state index contributed by atoms with van der Waals surface area (Å²) in [5.74, 6) is 0. The van der Waals surface area contributed by atoms with E-state index in [1.807, 2.05) is 6.92 Å². The molecule has 0 radical (unpaired) electrons. The minimum atomic E-state index is 1.11. The smallest absolute Gasteiger partial charge is 0.0291 e. The van der Waals surface area contributed by atoms with Gasteiger partial charge in [0, 0.05) is 0 Å². The SMILES string of the molecule is C=C(C)CC/C=C(C)\C=C/C. The Kier molecular flexibility index (Phi) is 5.54. The summed E-state index contributed by atoms with van der Waals surface area (Å²) in [6.07, 6.45) is 8.65. The van der Waals surface area contributed by atoms with Crippen LogP contribution in [0.4, 0.5) is 0 Å². The zero-order valence-corrected chi connectivity index (χ0v) is 7.85. The summed E-state index contributed by atoms with van der Waals surface area (Å²) in [4.78, 5) is 0. The molecule has 0 aromatic carbocycles. The van der Waals surface area contributed by atoms with Crippen LogP contribution in [0.1, 0.15) is 33.6 Å². The highest BCUT2D eigenvalue weighted by Crippen LogP contribution is 2.04. The van der Waals surface area contributed by atoms with E-state index in [4.69, 9.17) is 0 Å². The summed E-state index contributed by atoms with van der Waals surface area (Å²) in [5, 5.41) is 0. The molecule has 0 unspecified atom stereocenters. The maximum atomic E-state index is 3.85. The zero-order valence-electron chi connectivity index (χ0n) is 7.85. The van der Waals surface area contributed by atoms with Crippen molar-refractivity contribution >= 4 is 0 Å². The van der Waals surface area contributed by atoms with Crippen molar-refractivity contribution in [1.82, 2.24) is 0 Å². The molecule has 62 valence electrons. The Hall–Kier alpha value is -0.780. The Morgan fingerprint density at radius 3 is 2.45 bits per heavy atom. The largest absolute Gasteiger partial charge is 0.100 e. The average Bonchev–Trinajstić information content (AvgIpc) is 1.87. The first-order valence-electron chi connectivity index (χ1n) is 4.10. The number of hydrogen-bond acceptors (Lipinski definition) is 0. The molecule has 0 atom stereocenters. The van der Waals surface area contributed by atoms with Crippen molar-refractivity contribution in [2.45, 2.75) is 33.6 Å². The standard InChI is InChI=1S/C11H18/c1-5-7-11(4)9-6-8-10(2)3/h5,7,9H,2,6,8H2,1,3-4H3/b7-5-,11-9-. The van der Waals surface area contributed by atoms with Gasteiger partial charge in [-0.25, -0.2) is 0 Å². The molecule has 0 aromatic rings. The molecule has 0 aliphatic carbocycles. The maximum Gasteiger partial charge on any atom is -0.0291 e. The molecule has 0 heteroatoms. The number of allylic oxidation sites excluding steroid dienone is 5. The summed E-state index contributed by atoms with van der Waals surface area (Å²) in [6.45, 7) is 10.1. The topological polar surface area (TPSA) is 0 Å². The molecule has 0 rings (SSSR count). The first-order chi connectivity index (χ1) is 5.16. The minimum Gasteiger partial charge on any atom is -0.100 e. The van der Waals surface area contributed by atoms with E-state index in [2.05, 4.69) is 38.7 Å². The van der Waals surface area contributed by atoms with E-state index < -0.39 is 0 Å². The van der Waals surface area contributed by atoms with Crippen LogP contribution in [0, 0.1) is 0 Å². The van der Waals surface area contributed by atoms with Crippen molar-refractivity contribution in [3.8, 4) is 0 Å². The molecule has 0 fully saturated rings. The van der Waals surface area contributed by atoms with E-state index in [1.54, 1.807) is 0 Å². The van der Waals surface area contributed by atoms with Gasteiger partial charge in [0.05, 0.1) is 0 Å². The molecule has 0 bridgehead atoms. The summed E-state index contributed by atoms with van der Waals surface area (Å²) < 4.78 is 0. The van der Waals surface area contributed by atoms with Crippen molar-refractivity contribution in [1.29, 1.82) is 0 Å². The van der Waals surface area contributed by atoms with Crippen LogP contribution in [-0.4, -0.2) is 0 Å². The van der Waals surface area contributed by atoms with Gasteiger partial charge in [0.15, 0.2) is 0 Å². The summed E-state index contributed by atoms with van der Waals surface area (Å²) >= 11 is 0. The lowest BCUT2D eigenvalue weighted by molar-refractivity contribution is 0.977. The lowest BCUT2D eigenvalue weighted by Crippen LogP contribution is -1.74. The van der Waals surface area contributed by atoms with Crippen molar-refractivity contribution in [3.63, 3.8) is 0 Å². The van der Waals surface area contributed by atoms with Crippen molar-refractivity contribution < 1.29 is 0 Å². The van der Waals surface area contributed by atoms with Gasteiger partial charge >= 0.3 is 0 Å². The third kappa shape index (κ3) is 7.11. The van der Waals surface area contributed by atoms with Crippen LogP contribution in [0.15, 0.2) is 36.0 Å². The molecule has 0 aliphatic heterocycles. The first kappa shape index (κ1) is 10.2. The second kappa shape index (κ2) is 5.96. The highest BCUT2D eigenvalue weighted by molar-refractivity contribution is 5.15. The lowest BCUT2D eigenvalue weighted by Gasteiger charge is -1.94. The van der Waals surface area contributed by atoms with Gasteiger partial charge in [-0.1, -0.05) is 29.4 Å². The highest BCUT2D eigenvalue weighted by Gasteiger charge is 1.84. The molecule has 0 aromatic heterocycles. The van der Waals surface area contributed by atoms with Gasteiger partial charge < -0.3 is 0 Å². The van der Waals surface area contributed by atoms with E-state index >= 15 is 0 Å². The highest BCUT2D eigenvalue weighted by atomic mass is 13.9. The van der Waals surface area contributed by atoms with Crippen LogP contribution in [-0.2, 0) is 0 Å². The quantitative estimate of drug-likeness (QED) is 0.421. The molecule has 0 heterocycles. The van der Waals surface area contributed by atoms with Gasteiger partial charge in [-0.3, -0.25) is 0 Å². The molecule has 0 N–H and O–H groups in total. The minimum absolute atomic E-state index is 1.11. The second-order valence-electron chi connectivity index (χ2n) is 2.94. The van der Waals surface area contributed by atoms with Gasteiger partial charge in [-0.15, -0.1) is 6.58 Å². The van der Waals surface area contributed by atoms with Gasteiger partial charge in [0.25, 0.3) is 0 Å². The fourth-order valence-electron chi connectivity index (χ4n) is 0.877. The van der Waals surface area contributed by atoms with E-state index in [9.17, 15) is 0 Å². The Morgan fingerprint density at radius 1 is 1.36 bits per heavy atom. The zero-order chi connectivity index (χ0) is 8.69. The van der Waals surface area contributed by atoms with Crippen molar-refractivity contribution in [3.05, 3.63) is 36.0 Å². The van der Waals surface area contributed by atoms with Crippen molar-refractivity contribution in [2.24, 2.45) is 0 Å². The Balaban J connectivity index is 3.64. The normalized spacial score (nSPS) is 12.5. The fourth-order valence-corrected chi connectivity index (χ4v) is 0.877. The molecule has 0 saturated heterocycles. The van der Waals surface area contributed by atoms with E-state index in [0.29, 0.717) is 0 Å². The monoisotopic (exact) mass is 150 g/mol. The molecule has 0 amide bonds. The van der Waals surface area contributed by atoms with Crippen LogP contribution in [0.25, 0.3) is 0 Å². The molecular formula is C11H18. The Morgan fingerprint density at radius 2 is 2.00 bits per heavy atom. The lowest BCUT2D eigenvalue weighted by atomic mass is 10.1. The predicted molar refractivity (Wildman–Crippen MR) is 52.6 cm³/mol. The van der Waals surface area contributed by atoms with Crippen LogP contribution in [0.5, 0.6) is 0 Å². The predicted octanol–water partition coefficient (Wildman–Crippen LogP) is 3.87. The van der Waals surface area contributed by atoms with Crippen LogP contribution in [0.3, 0.4) is 0 Å². The molecule has 11 heavy (non-hydrogen) atoms. The van der Waals surface area contributed by atoms with Crippen LogP contribution < -0.4 is 0 Å². The second-order valence-corrected chi connectivity index (χ2v) is 2.94. The fraction of sp³-hybridized carbons (Fsp3) is 0.455. The summed E-state index contributed by atoms with van der Waals surface area (Å²) in [6, 6.07) is 0. The summed E-state index contributed by atoms with van der Waals surface area (Å²) in [5.41, 5.74) is 2.60. The Bertz CT molecular complexity index is 170. The van der Waals surface area contributed by atoms with Crippen molar-refractivity contribution in [2.75, 3.05) is 0 Å². The number of rotatable bonds is 4. The van der Waals surface area contributed by atoms with E-state index in [1.165, 1.54) is 11.1 Å². The van der Waals surface area contributed by atoms with E-state index in [0.717, 1.165) is 12.8 Å². The molecule has 0 spiro atoms. The maximum absolute atomic E-state index is 3.85. The Labute approximate surface area is 70.3 Å².